The van der Waals surface area contributed by atoms with Crippen LogP contribution >= 0.6 is 11.6 Å². The maximum atomic E-state index is 14.8. The van der Waals surface area contributed by atoms with Gasteiger partial charge in [-0.3, -0.25) is 4.79 Å². The summed E-state index contributed by atoms with van der Waals surface area (Å²) in [5.41, 5.74) is 1.61. The predicted molar refractivity (Wildman–Crippen MR) is 124 cm³/mol. The van der Waals surface area contributed by atoms with Crippen molar-refractivity contribution < 1.29 is 19.0 Å². The third-order valence-electron chi connectivity index (χ3n) is 6.58. The Labute approximate surface area is 196 Å². The van der Waals surface area contributed by atoms with E-state index in [2.05, 4.69) is 17.1 Å². The van der Waals surface area contributed by atoms with Crippen molar-refractivity contribution in [1.82, 2.24) is 20.1 Å². The van der Waals surface area contributed by atoms with Gasteiger partial charge in [0.05, 0.1) is 17.3 Å². The number of amides is 1. The summed E-state index contributed by atoms with van der Waals surface area (Å²) in [5, 5.41) is 13.8. The van der Waals surface area contributed by atoms with Crippen LogP contribution in [0.25, 0.3) is 16.8 Å². The Morgan fingerprint density at radius 2 is 2.12 bits per heavy atom. The minimum Gasteiger partial charge on any atom is -0.507 e. The van der Waals surface area contributed by atoms with Gasteiger partial charge in [0.2, 0.25) is 0 Å². The topological polar surface area (TPSA) is 77.9 Å². The largest absolute Gasteiger partial charge is 0.507 e. The second-order valence-electron chi connectivity index (χ2n) is 8.91. The average molecular weight is 473 g/mol. The van der Waals surface area contributed by atoms with E-state index in [1.165, 1.54) is 18.2 Å². The summed E-state index contributed by atoms with van der Waals surface area (Å²) < 4.78 is 21.0. The zero-order chi connectivity index (χ0) is 23.3. The second-order valence-corrected chi connectivity index (χ2v) is 9.29. The van der Waals surface area contributed by atoms with Crippen LogP contribution in [0.15, 0.2) is 24.3 Å². The highest BCUT2D eigenvalue weighted by Gasteiger charge is 2.39. The van der Waals surface area contributed by atoms with Crippen LogP contribution in [0, 0.1) is 11.7 Å². The number of aromatic nitrogens is 1. The molecule has 1 aromatic heterocycles. The number of nitrogens with zero attached hydrogens (tertiary/aromatic N) is 3. The first kappa shape index (κ1) is 22.1. The Morgan fingerprint density at radius 3 is 2.88 bits per heavy atom. The number of hydrogen-bond acceptors (Lipinski definition) is 6. The van der Waals surface area contributed by atoms with Crippen LogP contribution in [-0.4, -0.2) is 78.2 Å². The summed E-state index contributed by atoms with van der Waals surface area (Å²) in [6, 6.07) is 3.90. The van der Waals surface area contributed by atoms with Crippen LogP contribution in [0.3, 0.4) is 0 Å². The van der Waals surface area contributed by atoms with Gasteiger partial charge in [0.25, 0.3) is 5.91 Å². The lowest BCUT2D eigenvalue weighted by Crippen LogP contribution is -2.55. The van der Waals surface area contributed by atoms with E-state index >= 15 is 0 Å². The van der Waals surface area contributed by atoms with Crippen LogP contribution in [-0.2, 0) is 0 Å². The summed E-state index contributed by atoms with van der Waals surface area (Å²) >= 11 is 6.73. The quantitative estimate of drug-likeness (QED) is 0.699. The number of fused-ring (bicyclic) bond motifs is 2. The van der Waals surface area contributed by atoms with Gasteiger partial charge in [0, 0.05) is 32.7 Å². The maximum Gasteiger partial charge on any atom is 0.260 e. The summed E-state index contributed by atoms with van der Waals surface area (Å²) in [7, 11) is 2.03. The van der Waals surface area contributed by atoms with Gasteiger partial charge in [-0.25, -0.2) is 9.37 Å². The lowest BCUT2D eigenvalue weighted by Gasteiger charge is -2.34. The van der Waals surface area contributed by atoms with Crippen LogP contribution in [0.4, 0.5) is 4.39 Å². The molecule has 0 bridgehead atoms. The lowest BCUT2D eigenvalue weighted by atomic mass is 9.90. The number of hydrogen-bond donors (Lipinski definition) is 2. The molecule has 1 fully saturated rings. The third-order valence-corrected chi connectivity index (χ3v) is 6.93. The van der Waals surface area contributed by atoms with Crippen molar-refractivity contribution in [2.75, 3.05) is 46.4 Å². The van der Waals surface area contributed by atoms with E-state index in [4.69, 9.17) is 21.3 Å². The molecular formula is C24H26ClFN4O3. The first-order valence-corrected chi connectivity index (χ1v) is 11.5. The number of benzene rings is 1. The summed E-state index contributed by atoms with van der Waals surface area (Å²) in [4.78, 5) is 22.5. The molecule has 1 aromatic carbocycles. The standard InChI is InChI=1S/C24H26ClFN4O3/c1-13-11-29(2)8-6-15(13)21-19-23(33-12-14-10-27-7-9-30(14)24(19)32)20(25)22(28-21)18-16(26)4-3-5-17(18)31/h3-6,13-14,27,31H,7-12H2,1-2H3/t13?,14-/m1/s1. The van der Waals surface area contributed by atoms with E-state index < -0.39 is 5.82 Å². The number of phenolic OH excluding ortho intramolecular Hbond substituents is 1. The number of nitrogens with one attached hydrogen (secondary N) is 1. The van der Waals surface area contributed by atoms with Gasteiger partial charge in [-0.05, 0) is 30.7 Å². The number of rotatable bonds is 2. The van der Waals surface area contributed by atoms with Crippen molar-refractivity contribution in [2.24, 2.45) is 5.92 Å². The molecule has 2 atom stereocenters. The van der Waals surface area contributed by atoms with E-state index in [0.717, 1.165) is 12.1 Å². The Bertz CT molecular complexity index is 1130. The first-order valence-electron chi connectivity index (χ1n) is 11.1. The van der Waals surface area contributed by atoms with E-state index in [1.807, 2.05) is 18.0 Å². The number of ether oxygens (including phenoxy) is 1. The summed E-state index contributed by atoms with van der Waals surface area (Å²) in [6.07, 6.45) is 2.04. The Hall–Kier alpha value is -2.68. The fraction of sp³-hybridized carbons (Fsp3) is 0.417. The molecule has 0 saturated carbocycles. The van der Waals surface area contributed by atoms with Gasteiger partial charge in [0.1, 0.15) is 34.5 Å². The predicted octanol–water partition coefficient (Wildman–Crippen LogP) is 3.02. The van der Waals surface area contributed by atoms with E-state index in [0.29, 0.717) is 37.4 Å². The normalized spacial score (nSPS) is 23.3. The number of aromatic hydroxyl groups is 1. The van der Waals surface area contributed by atoms with Gasteiger partial charge >= 0.3 is 0 Å². The Balaban J connectivity index is 1.78. The molecule has 4 heterocycles. The highest BCUT2D eigenvalue weighted by Crippen LogP contribution is 2.45. The third kappa shape index (κ3) is 3.76. The fourth-order valence-electron chi connectivity index (χ4n) is 4.92. The molecule has 1 amide bonds. The minimum absolute atomic E-state index is 0.0245. The SMILES string of the molecule is CC1CN(C)CC=C1c1nc(-c2c(O)cccc2F)c(Cl)c2c1C(=O)N1CCNC[C@@H]1CO2. The molecule has 3 aliphatic heterocycles. The number of piperazine rings is 1. The number of likely N-dealkylation sites (N-methyl/N-ethyl adjacent to an activating group) is 1. The molecule has 7 nitrogen and oxygen atoms in total. The van der Waals surface area contributed by atoms with Gasteiger partial charge in [-0.2, -0.15) is 0 Å². The van der Waals surface area contributed by atoms with Crippen molar-refractivity contribution in [1.29, 1.82) is 0 Å². The molecule has 0 radical (unpaired) electrons. The first-order chi connectivity index (χ1) is 15.9. The molecule has 1 saturated heterocycles. The Morgan fingerprint density at radius 1 is 1.30 bits per heavy atom. The maximum absolute atomic E-state index is 14.8. The number of pyridine rings is 1. The van der Waals surface area contributed by atoms with Gasteiger partial charge in [-0.15, -0.1) is 0 Å². The van der Waals surface area contributed by atoms with Crippen molar-refractivity contribution in [3.8, 4) is 22.8 Å². The van der Waals surface area contributed by atoms with Crippen LogP contribution in [0.5, 0.6) is 11.5 Å². The molecular weight excluding hydrogens is 447 g/mol. The molecule has 2 N–H and O–H groups in total. The van der Waals surface area contributed by atoms with Crippen LogP contribution in [0.2, 0.25) is 5.02 Å². The van der Waals surface area contributed by atoms with Crippen molar-refractivity contribution in [3.63, 3.8) is 0 Å². The van der Waals surface area contributed by atoms with Gasteiger partial charge < -0.3 is 25.0 Å². The van der Waals surface area contributed by atoms with Crippen LogP contribution < -0.4 is 10.1 Å². The highest BCUT2D eigenvalue weighted by atomic mass is 35.5. The van der Waals surface area contributed by atoms with Crippen molar-refractivity contribution in [3.05, 3.63) is 46.4 Å². The minimum atomic E-state index is -0.651. The molecule has 0 spiro atoms. The smallest absolute Gasteiger partial charge is 0.260 e. The van der Waals surface area contributed by atoms with Crippen molar-refractivity contribution in [2.45, 2.75) is 13.0 Å². The molecule has 2 aromatic rings. The lowest BCUT2D eigenvalue weighted by molar-refractivity contribution is 0.0606. The number of halogens is 2. The Kier molecular flexibility index (Phi) is 5.76. The summed E-state index contributed by atoms with van der Waals surface area (Å²) in [6.45, 7) is 5.68. The molecule has 174 valence electrons. The summed E-state index contributed by atoms with van der Waals surface area (Å²) in [5.74, 6) is -0.830. The zero-order valence-electron chi connectivity index (χ0n) is 18.6. The van der Waals surface area contributed by atoms with Gasteiger partial charge in [0.15, 0.2) is 5.75 Å². The van der Waals surface area contributed by atoms with Gasteiger partial charge in [-0.1, -0.05) is 30.7 Å². The van der Waals surface area contributed by atoms with Crippen molar-refractivity contribution >= 4 is 23.1 Å². The fourth-order valence-corrected chi connectivity index (χ4v) is 5.21. The molecule has 5 rings (SSSR count). The molecule has 0 aliphatic carbocycles. The average Bonchev–Trinajstić information content (AvgIpc) is 2.93. The zero-order valence-corrected chi connectivity index (χ0v) is 19.3. The number of carbonyl (C=O) groups excluding carboxylic acids is 1. The van der Waals surface area contributed by atoms with Crippen LogP contribution in [0.1, 0.15) is 23.0 Å². The number of phenols is 1. The molecule has 33 heavy (non-hydrogen) atoms. The second kappa shape index (κ2) is 8.59. The van der Waals surface area contributed by atoms with E-state index in [-0.39, 0.29) is 52.3 Å². The highest BCUT2D eigenvalue weighted by molar-refractivity contribution is 6.35. The molecule has 1 unspecified atom stereocenters. The monoisotopic (exact) mass is 472 g/mol. The molecule has 9 heteroatoms. The van der Waals surface area contributed by atoms with E-state index in [1.54, 1.807) is 0 Å². The molecule has 3 aliphatic rings. The van der Waals surface area contributed by atoms with E-state index in [9.17, 15) is 14.3 Å². The number of carbonyl (C=O) groups is 1.